The highest BCUT2D eigenvalue weighted by molar-refractivity contribution is 6.33. The molecule has 5 rings (SSSR count). The highest BCUT2D eigenvalue weighted by Gasteiger charge is 2.29. The van der Waals surface area contributed by atoms with Gasteiger partial charge < -0.3 is 19.5 Å². The molecule has 3 aromatic rings. The number of aryl methyl sites for hydroxylation is 1. The van der Waals surface area contributed by atoms with Gasteiger partial charge in [-0.05, 0) is 55.7 Å². The van der Waals surface area contributed by atoms with Crippen molar-refractivity contribution < 1.29 is 9.53 Å². The SMILES string of the molecule is Cc1ccc2nc(-c3cc(N4CCC(C(=O)N5CCOCC5)CC4)ccc3Cl)[nH]c2c1. The minimum Gasteiger partial charge on any atom is -0.378 e. The fraction of sp³-hybridized carbons (Fsp3) is 0.417. The van der Waals surface area contributed by atoms with Crippen LogP contribution >= 0.6 is 11.6 Å². The summed E-state index contributed by atoms with van der Waals surface area (Å²) in [6, 6.07) is 12.3. The smallest absolute Gasteiger partial charge is 0.225 e. The number of aromatic nitrogens is 2. The molecule has 6 nitrogen and oxygen atoms in total. The number of carbonyl (C=O) groups is 1. The molecular weight excluding hydrogens is 412 g/mol. The highest BCUT2D eigenvalue weighted by atomic mass is 35.5. The molecule has 2 aliphatic rings. The number of rotatable bonds is 3. The first-order valence-electron chi connectivity index (χ1n) is 11.0. The Morgan fingerprint density at radius 1 is 1.10 bits per heavy atom. The number of ether oxygens (including phenoxy) is 1. The average Bonchev–Trinajstić information content (AvgIpc) is 3.22. The molecule has 0 unspecified atom stereocenters. The van der Waals surface area contributed by atoms with Crippen LogP contribution in [-0.2, 0) is 9.53 Å². The summed E-state index contributed by atoms with van der Waals surface area (Å²) >= 11 is 6.54. The Morgan fingerprint density at radius 3 is 2.65 bits per heavy atom. The lowest BCUT2D eigenvalue weighted by Crippen LogP contribution is -2.46. The number of halogens is 1. The molecule has 3 heterocycles. The molecule has 0 radical (unpaired) electrons. The van der Waals surface area contributed by atoms with Crippen molar-refractivity contribution in [3.63, 3.8) is 0 Å². The molecular formula is C24H27ClN4O2. The van der Waals surface area contributed by atoms with Crippen molar-refractivity contribution in [1.82, 2.24) is 14.9 Å². The Balaban J connectivity index is 1.32. The van der Waals surface area contributed by atoms with Crippen LogP contribution in [0.25, 0.3) is 22.4 Å². The number of nitrogens with zero attached hydrogens (tertiary/aromatic N) is 3. The first kappa shape index (κ1) is 20.3. The number of benzene rings is 2. The van der Waals surface area contributed by atoms with Crippen molar-refractivity contribution in [2.24, 2.45) is 5.92 Å². The van der Waals surface area contributed by atoms with Crippen LogP contribution < -0.4 is 4.90 Å². The molecule has 0 aliphatic carbocycles. The zero-order valence-corrected chi connectivity index (χ0v) is 18.5. The van der Waals surface area contributed by atoms with E-state index in [2.05, 4.69) is 41.1 Å². The van der Waals surface area contributed by atoms with Gasteiger partial charge in [0.25, 0.3) is 0 Å². The van der Waals surface area contributed by atoms with Crippen LogP contribution in [0.4, 0.5) is 5.69 Å². The third kappa shape index (κ3) is 4.14. The summed E-state index contributed by atoms with van der Waals surface area (Å²) in [5.74, 6) is 1.18. The molecule has 0 atom stereocenters. The summed E-state index contributed by atoms with van der Waals surface area (Å²) in [4.78, 5) is 25.3. The molecule has 7 heteroatoms. The van der Waals surface area contributed by atoms with Gasteiger partial charge in [-0.1, -0.05) is 17.7 Å². The molecule has 31 heavy (non-hydrogen) atoms. The van der Waals surface area contributed by atoms with Crippen LogP contribution in [0.3, 0.4) is 0 Å². The summed E-state index contributed by atoms with van der Waals surface area (Å²) in [5, 5.41) is 0.678. The summed E-state index contributed by atoms with van der Waals surface area (Å²) in [7, 11) is 0. The molecule has 2 saturated heterocycles. The fourth-order valence-electron chi connectivity index (χ4n) is 4.57. The number of hydrogen-bond donors (Lipinski definition) is 1. The molecule has 1 N–H and O–H groups in total. The number of aromatic amines is 1. The second-order valence-electron chi connectivity index (χ2n) is 8.47. The lowest BCUT2D eigenvalue weighted by Gasteiger charge is -2.36. The van der Waals surface area contributed by atoms with Crippen molar-refractivity contribution in [1.29, 1.82) is 0 Å². The van der Waals surface area contributed by atoms with E-state index in [0.717, 1.165) is 67.1 Å². The Kier molecular flexibility index (Phi) is 5.59. The number of H-pyrrole nitrogens is 1. The van der Waals surface area contributed by atoms with Crippen molar-refractivity contribution in [3.05, 3.63) is 47.0 Å². The van der Waals surface area contributed by atoms with Crippen LogP contribution in [0.1, 0.15) is 18.4 Å². The van der Waals surface area contributed by atoms with E-state index < -0.39 is 0 Å². The summed E-state index contributed by atoms with van der Waals surface area (Å²) in [6.07, 6.45) is 1.75. The van der Waals surface area contributed by atoms with Gasteiger partial charge in [0.1, 0.15) is 5.82 Å². The van der Waals surface area contributed by atoms with Crippen LogP contribution in [0, 0.1) is 12.8 Å². The minimum atomic E-state index is 0.111. The molecule has 0 bridgehead atoms. The van der Waals surface area contributed by atoms with Gasteiger partial charge in [0.2, 0.25) is 5.91 Å². The normalized spacial score (nSPS) is 18.0. The number of hydrogen-bond acceptors (Lipinski definition) is 4. The van der Waals surface area contributed by atoms with Gasteiger partial charge in [0.15, 0.2) is 0 Å². The van der Waals surface area contributed by atoms with Gasteiger partial charge in [-0.15, -0.1) is 0 Å². The number of morpholine rings is 1. The average molecular weight is 439 g/mol. The lowest BCUT2D eigenvalue weighted by molar-refractivity contribution is -0.140. The lowest BCUT2D eigenvalue weighted by atomic mass is 9.94. The number of piperidine rings is 1. The molecule has 1 aromatic heterocycles. The predicted octanol–water partition coefficient (Wildman–Crippen LogP) is 4.27. The maximum Gasteiger partial charge on any atom is 0.225 e. The molecule has 0 spiro atoms. The van der Waals surface area contributed by atoms with Gasteiger partial charge >= 0.3 is 0 Å². The van der Waals surface area contributed by atoms with Crippen molar-refractivity contribution in [2.75, 3.05) is 44.3 Å². The van der Waals surface area contributed by atoms with Gasteiger partial charge in [-0.2, -0.15) is 0 Å². The van der Waals surface area contributed by atoms with E-state index in [0.29, 0.717) is 18.2 Å². The molecule has 2 fully saturated rings. The van der Waals surface area contributed by atoms with Crippen LogP contribution in [0.5, 0.6) is 0 Å². The standard InChI is InChI=1S/C24H27ClN4O2/c1-16-2-5-21-22(14-16)27-23(26-21)19-15-18(3-4-20(19)25)28-8-6-17(7-9-28)24(30)29-10-12-31-13-11-29/h2-5,14-15,17H,6-13H2,1H3,(H,26,27). The Morgan fingerprint density at radius 2 is 1.87 bits per heavy atom. The monoisotopic (exact) mass is 438 g/mol. The van der Waals surface area contributed by atoms with Gasteiger partial charge in [0, 0.05) is 43.3 Å². The van der Waals surface area contributed by atoms with E-state index in [9.17, 15) is 4.79 Å². The van der Waals surface area contributed by atoms with E-state index in [1.54, 1.807) is 0 Å². The maximum absolute atomic E-state index is 12.8. The van der Waals surface area contributed by atoms with Crippen molar-refractivity contribution in [2.45, 2.75) is 19.8 Å². The number of amides is 1. The van der Waals surface area contributed by atoms with Gasteiger partial charge in [-0.25, -0.2) is 4.98 Å². The number of fused-ring (bicyclic) bond motifs is 1. The fourth-order valence-corrected chi connectivity index (χ4v) is 4.78. The van der Waals surface area contributed by atoms with Crippen molar-refractivity contribution >= 4 is 34.2 Å². The van der Waals surface area contributed by atoms with E-state index in [4.69, 9.17) is 21.3 Å². The second kappa shape index (κ2) is 8.52. The third-order valence-electron chi connectivity index (χ3n) is 6.37. The molecule has 162 valence electrons. The maximum atomic E-state index is 12.8. The van der Waals surface area contributed by atoms with E-state index >= 15 is 0 Å². The Labute approximate surface area is 187 Å². The molecule has 2 aliphatic heterocycles. The zero-order valence-electron chi connectivity index (χ0n) is 17.7. The van der Waals surface area contributed by atoms with Gasteiger partial charge in [0.05, 0.1) is 29.3 Å². The summed E-state index contributed by atoms with van der Waals surface area (Å²) in [6.45, 7) is 6.54. The minimum absolute atomic E-state index is 0.111. The van der Waals surface area contributed by atoms with E-state index in [-0.39, 0.29) is 11.8 Å². The highest BCUT2D eigenvalue weighted by Crippen LogP contribution is 2.33. The predicted molar refractivity (Wildman–Crippen MR) is 124 cm³/mol. The number of imidazole rings is 1. The first-order chi connectivity index (χ1) is 15.1. The Bertz CT molecular complexity index is 1100. The number of carbonyl (C=O) groups excluding carboxylic acids is 1. The topological polar surface area (TPSA) is 61.5 Å². The van der Waals surface area contributed by atoms with E-state index in [1.807, 2.05) is 17.0 Å². The van der Waals surface area contributed by atoms with Crippen LogP contribution in [0.15, 0.2) is 36.4 Å². The molecule has 1 amide bonds. The Hall–Kier alpha value is -2.57. The van der Waals surface area contributed by atoms with Crippen LogP contribution in [0.2, 0.25) is 5.02 Å². The zero-order chi connectivity index (χ0) is 21.4. The molecule has 0 saturated carbocycles. The largest absolute Gasteiger partial charge is 0.378 e. The second-order valence-corrected chi connectivity index (χ2v) is 8.88. The van der Waals surface area contributed by atoms with Gasteiger partial charge in [-0.3, -0.25) is 4.79 Å². The van der Waals surface area contributed by atoms with Crippen molar-refractivity contribution in [3.8, 4) is 11.4 Å². The molecule has 2 aromatic carbocycles. The summed E-state index contributed by atoms with van der Waals surface area (Å²) < 4.78 is 5.37. The summed E-state index contributed by atoms with van der Waals surface area (Å²) in [5.41, 5.74) is 5.16. The van der Waals surface area contributed by atoms with E-state index in [1.165, 1.54) is 5.56 Å². The quantitative estimate of drug-likeness (QED) is 0.663. The number of nitrogens with one attached hydrogen (secondary N) is 1. The number of anilines is 1. The first-order valence-corrected chi connectivity index (χ1v) is 11.3. The van der Waals surface area contributed by atoms with Crippen LogP contribution in [-0.4, -0.2) is 60.2 Å². The third-order valence-corrected chi connectivity index (χ3v) is 6.70.